The van der Waals surface area contributed by atoms with Gasteiger partial charge in [0.25, 0.3) is 0 Å². The van der Waals surface area contributed by atoms with Gasteiger partial charge in [0, 0.05) is 17.7 Å². The Labute approximate surface area is 139 Å². The Morgan fingerprint density at radius 2 is 2.09 bits per heavy atom. The molecule has 2 rings (SSSR count). The van der Waals surface area contributed by atoms with Crippen molar-refractivity contribution in [2.45, 2.75) is 38.9 Å². The van der Waals surface area contributed by atoms with Crippen molar-refractivity contribution in [2.75, 3.05) is 7.11 Å². The minimum atomic E-state index is -0.839. The van der Waals surface area contributed by atoms with E-state index in [9.17, 15) is 14.7 Å². The van der Waals surface area contributed by atoms with Crippen LogP contribution in [0.15, 0.2) is 11.6 Å². The zero-order valence-corrected chi connectivity index (χ0v) is 14.2. The van der Waals surface area contributed by atoms with Crippen molar-refractivity contribution in [2.24, 2.45) is 0 Å². The third-order valence-electron chi connectivity index (χ3n) is 4.04. The lowest BCUT2D eigenvalue weighted by atomic mass is 9.94. The SMILES string of the molecule is COc1c(C)c2c(c(O)c1C/C=C(\C)CCC(=O)O)C(=O)SC2. The highest BCUT2D eigenvalue weighted by molar-refractivity contribution is 8.14. The molecule has 0 spiro atoms. The van der Waals surface area contributed by atoms with Gasteiger partial charge in [-0.25, -0.2) is 0 Å². The first-order chi connectivity index (χ1) is 10.9. The lowest BCUT2D eigenvalue weighted by Crippen LogP contribution is -2.02. The maximum atomic E-state index is 12.0. The van der Waals surface area contributed by atoms with Gasteiger partial charge in [-0.15, -0.1) is 0 Å². The molecule has 1 aromatic rings. The molecule has 0 aromatic heterocycles. The molecule has 0 bridgehead atoms. The van der Waals surface area contributed by atoms with Crippen LogP contribution in [-0.4, -0.2) is 28.4 Å². The van der Waals surface area contributed by atoms with E-state index in [1.54, 1.807) is 7.11 Å². The molecule has 5 nitrogen and oxygen atoms in total. The standard InChI is InChI=1S/C17H20O5S/c1-9(5-7-13(18)19)4-6-11-15(20)14-12(8-23-17(14)21)10(2)16(11)22-3/h4,20H,5-8H2,1-3H3,(H,18,19)/b9-4+. The largest absolute Gasteiger partial charge is 0.507 e. The van der Waals surface area contributed by atoms with Crippen LogP contribution in [-0.2, 0) is 17.0 Å². The predicted octanol–water partition coefficient (Wildman–Crippen LogP) is 3.45. The summed E-state index contributed by atoms with van der Waals surface area (Å²) in [6.45, 7) is 3.74. The number of allylic oxidation sites excluding steroid dienone is 2. The van der Waals surface area contributed by atoms with Gasteiger partial charge in [0.1, 0.15) is 11.5 Å². The van der Waals surface area contributed by atoms with Crippen LogP contribution in [0.4, 0.5) is 0 Å². The van der Waals surface area contributed by atoms with E-state index in [2.05, 4.69) is 0 Å². The second kappa shape index (κ2) is 7.08. The molecule has 124 valence electrons. The number of ether oxygens (including phenoxy) is 1. The Morgan fingerprint density at radius 3 is 2.70 bits per heavy atom. The van der Waals surface area contributed by atoms with Crippen molar-refractivity contribution >= 4 is 22.8 Å². The van der Waals surface area contributed by atoms with E-state index in [1.165, 1.54) is 11.8 Å². The number of fused-ring (bicyclic) bond motifs is 1. The number of phenolic OH excluding ortho intramolecular Hbond substituents is 1. The molecule has 0 amide bonds. The number of carbonyl (C=O) groups is 2. The van der Waals surface area contributed by atoms with Crippen molar-refractivity contribution < 1.29 is 24.5 Å². The molecule has 1 aliphatic heterocycles. The topological polar surface area (TPSA) is 83.8 Å². The number of carbonyl (C=O) groups excluding carboxylic acids is 1. The molecular formula is C17H20O5S. The van der Waals surface area contributed by atoms with E-state index in [0.717, 1.165) is 16.7 Å². The number of aromatic hydroxyl groups is 1. The number of aliphatic carboxylic acids is 1. The highest BCUT2D eigenvalue weighted by Crippen LogP contribution is 2.45. The fourth-order valence-corrected chi connectivity index (χ4v) is 3.71. The number of phenols is 1. The van der Waals surface area contributed by atoms with Crippen LogP contribution in [0.2, 0.25) is 0 Å². The summed E-state index contributed by atoms with van der Waals surface area (Å²) in [5.74, 6) is 0.297. The molecule has 0 unspecified atom stereocenters. The summed E-state index contributed by atoms with van der Waals surface area (Å²) in [4.78, 5) is 22.6. The normalized spacial score (nSPS) is 14.0. The van der Waals surface area contributed by atoms with Crippen LogP contribution < -0.4 is 4.74 Å². The predicted molar refractivity (Wildman–Crippen MR) is 89.4 cm³/mol. The lowest BCUT2D eigenvalue weighted by molar-refractivity contribution is -0.136. The number of carboxylic acids is 1. The van der Waals surface area contributed by atoms with Crippen molar-refractivity contribution in [3.8, 4) is 11.5 Å². The molecule has 0 saturated carbocycles. The Kier molecular flexibility index (Phi) is 5.36. The molecule has 1 aliphatic rings. The van der Waals surface area contributed by atoms with Crippen LogP contribution >= 0.6 is 11.8 Å². The molecule has 2 N–H and O–H groups in total. The van der Waals surface area contributed by atoms with Gasteiger partial charge in [-0.1, -0.05) is 23.4 Å². The Morgan fingerprint density at radius 1 is 1.39 bits per heavy atom. The maximum Gasteiger partial charge on any atom is 0.303 e. The average Bonchev–Trinajstić information content (AvgIpc) is 2.89. The van der Waals surface area contributed by atoms with Crippen LogP contribution in [0.1, 0.15) is 46.8 Å². The molecule has 1 aromatic carbocycles. The quantitative estimate of drug-likeness (QED) is 0.774. The molecule has 1 heterocycles. The Hall–Kier alpha value is -1.95. The van der Waals surface area contributed by atoms with E-state index >= 15 is 0 Å². The molecular weight excluding hydrogens is 316 g/mol. The van der Waals surface area contributed by atoms with Gasteiger partial charge in [-0.2, -0.15) is 0 Å². The summed E-state index contributed by atoms with van der Waals surface area (Å²) in [5.41, 5.74) is 3.61. The monoisotopic (exact) mass is 336 g/mol. The first-order valence-electron chi connectivity index (χ1n) is 7.32. The Bertz CT molecular complexity index is 691. The number of carboxylic acid groups (broad SMARTS) is 1. The smallest absolute Gasteiger partial charge is 0.303 e. The van der Waals surface area contributed by atoms with E-state index in [1.807, 2.05) is 19.9 Å². The number of hydrogen-bond acceptors (Lipinski definition) is 5. The van der Waals surface area contributed by atoms with Crippen LogP contribution in [0, 0.1) is 6.92 Å². The van der Waals surface area contributed by atoms with Gasteiger partial charge in [-0.3, -0.25) is 9.59 Å². The molecule has 0 fully saturated rings. The third-order valence-corrected chi connectivity index (χ3v) is 4.93. The first-order valence-corrected chi connectivity index (χ1v) is 8.31. The van der Waals surface area contributed by atoms with Gasteiger partial charge in [0.2, 0.25) is 5.12 Å². The average molecular weight is 336 g/mol. The van der Waals surface area contributed by atoms with E-state index in [4.69, 9.17) is 9.84 Å². The maximum absolute atomic E-state index is 12.0. The second-order valence-electron chi connectivity index (χ2n) is 5.56. The first kappa shape index (κ1) is 17.4. The summed E-state index contributed by atoms with van der Waals surface area (Å²) in [6.07, 6.45) is 2.80. The van der Waals surface area contributed by atoms with Crippen LogP contribution in [0.5, 0.6) is 11.5 Å². The zero-order chi connectivity index (χ0) is 17.1. The summed E-state index contributed by atoms with van der Waals surface area (Å²) < 4.78 is 5.44. The van der Waals surface area contributed by atoms with Crippen molar-refractivity contribution in [3.63, 3.8) is 0 Å². The summed E-state index contributed by atoms with van der Waals surface area (Å²) in [5, 5.41) is 19.1. The number of benzene rings is 1. The number of methoxy groups -OCH3 is 1. The fourth-order valence-electron chi connectivity index (χ4n) is 2.71. The third kappa shape index (κ3) is 3.52. The lowest BCUT2D eigenvalue weighted by Gasteiger charge is -2.16. The highest BCUT2D eigenvalue weighted by atomic mass is 32.2. The number of thioether (sulfide) groups is 1. The highest BCUT2D eigenvalue weighted by Gasteiger charge is 2.30. The van der Waals surface area contributed by atoms with Gasteiger partial charge < -0.3 is 14.9 Å². The minimum Gasteiger partial charge on any atom is -0.507 e. The summed E-state index contributed by atoms with van der Waals surface area (Å²) in [7, 11) is 1.54. The van der Waals surface area contributed by atoms with Gasteiger partial charge in [0.15, 0.2) is 0 Å². The summed E-state index contributed by atoms with van der Waals surface area (Å²) in [6, 6.07) is 0. The van der Waals surface area contributed by atoms with Crippen LogP contribution in [0.25, 0.3) is 0 Å². The van der Waals surface area contributed by atoms with E-state index < -0.39 is 5.97 Å². The molecule has 23 heavy (non-hydrogen) atoms. The van der Waals surface area contributed by atoms with E-state index in [0.29, 0.717) is 35.5 Å². The zero-order valence-electron chi connectivity index (χ0n) is 13.4. The van der Waals surface area contributed by atoms with Gasteiger partial charge >= 0.3 is 5.97 Å². The van der Waals surface area contributed by atoms with Gasteiger partial charge in [-0.05, 0) is 37.8 Å². The molecule has 0 saturated heterocycles. The van der Waals surface area contributed by atoms with Crippen molar-refractivity contribution in [1.29, 1.82) is 0 Å². The number of hydrogen-bond donors (Lipinski definition) is 2. The second-order valence-corrected chi connectivity index (χ2v) is 6.51. The molecule has 0 aliphatic carbocycles. The van der Waals surface area contributed by atoms with Crippen molar-refractivity contribution in [3.05, 3.63) is 33.9 Å². The number of rotatable bonds is 6. The summed E-state index contributed by atoms with van der Waals surface area (Å²) >= 11 is 1.18. The van der Waals surface area contributed by atoms with Crippen molar-refractivity contribution in [1.82, 2.24) is 0 Å². The molecule has 6 heteroatoms. The fraction of sp³-hybridized carbons (Fsp3) is 0.412. The van der Waals surface area contributed by atoms with Gasteiger partial charge in [0.05, 0.1) is 12.7 Å². The van der Waals surface area contributed by atoms with E-state index in [-0.39, 0.29) is 17.3 Å². The minimum absolute atomic E-state index is 0.0141. The molecule has 0 atom stereocenters. The molecule has 0 radical (unpaired) electrons. The van der Waals surface area contributed by atoms with Crippen LogP contribution in [0.3, 0.4) is 0 Å². The Balaban J connectivity index is 2.37.